The van der Waals surface area contributed by atoms with Crippen molar-refractivity contribution in [1.82, 2.24) is 4.98 Å². The first-order valence-corrected chi connectivity index (χ1v) is 8.97. The number of ether oxygens (including phenoxy) is 2. The maximum absolute atomic E-state index is 12.5. The van der Waals surface area contributed by atoms with Crippen LogP contribution in [0.4, 0.5) is 11.5 Å². The van der Waals surface area contributed by atoms with Gasteiger partial charge in [-0.1, -0.05) is 0 Å². The third-order valence-electron chi connectivity index (χ3n) is 3.62. The fraction of sp³-hybridized carbons (Fsp3) is 0.312. The molecule has 8 heteroatoms. The molecule has 1 fully saturated rings. The molecule has 1 aromatic carbocycles. The van der Waals surface area contributed by atoms with Crippen molar-refractivity contribution in [2.45, 2.75) is 23.8 Å². The molecule has 1 aliphatic carbocycles. The Balaban J connectivity index is 1.77. The molecular weight excluding hydrogens is 330 g/mol. The van der Waals surface area contributed by atoms with E-state index in [4.69, 9.17) is 9.47 Å². The van der Waals surface area contributed by atoms with Crippen LogP contribution >= 0.6 is 0 Å². The number of nitrogens with one attached hydrogen (secondary N) is 2. The minimum atomic E-state index is -3.76. The molecule has 0 aliphatic heterocycles. The van der Waals surface area contributed by atoms with Crippen LogP contribution in [-0.4, -0.2) is 33.7 Å². The molecular formula is C16H19N3O4S. The highest BCUT2D eigenvalue weighted by Crippen LogP contribution is 2.30. The van der Waals surface area contributed by atoms with Crippen LogP contribution in [-0.2, 0) is 10.0 Å². The summed E-state index contributed by atoms with van der Waals surface area (Å²) in [7, 11) is -0.818. The number of nitrogens with zero attached hydrogens (tertiary/aromatic N) is 1. The van der Waals surface area contributed by atoms with Gasteiger partial charge in [0.25, 0.3) is 10.0 Å². The highest BCUT2D eigenvalue weighted by Gasteiger charge is 2.21. The fourth-order valence-corrected chi connectivity index (χ4v) is 3.21. The number of sulfonamides is 1. The molecule has 2 aromatic rings. The van der Waals surface area contributed by atoms with Crippen molar-refractivity contribution < 1.29 is 17.9 Å². The summed E-state index contributed by atoms with van der Waals surface area (Å²) in [6.45, 7) is 0. The van der Waals surface area contributed by atoms with Crippen LogP contribution in [0.2, 0.25) is 0 Å². The van der Waals surface area contributed by atoms with Gasteiger partial charge in [0, 0.05) is 12.1 Å². The van der Waals surface area contributed by atoms with Crippen LogP contribution < -0.4 is 19.5 Å². The largest absolute Gasteiger partial charge is 0.493 e. The van der Waals surface area contributed by atoms with Crippen molar-refractivity contribution in [3.8, 4) is 11.5 Å². The molecule has 0 spiro atoms. The van der Waals surface area contributed by atoms with Crippen molar-refractivity contribution >= 4 is 21.5 Å². The van der Waals surface area contributed by atoms with Crippen LogP contribution in [0.1, 0.15) is 12.8 Å². The Morgan fingerprint density at radius 3 is 2.42 bits per heavy atom. The summed E-state index contributed by atoms with van der Waals surface area (Å²) < 4.78 is 37.7. The fourth-order valence-electron chi connectivity index (χ4n) is 2.18. The van der Waals surface area contributed by atoms with Gasteiger partial charge in [-0.15, -0.1) is 0 Å². The molecule has 128 valence electrons. The highest BCUT2D eigenvalue weighted by molar-refractivity contribution is 7.92. The van der Waals surface area contributed by atoms with Crippen LogP contribution in [0, 0.1) is 0 Å². The highest BCUT2D eigenvalue weighted by atomic mass is 32.2. The Morgan fingerprint density at radius 1 is 1.08 bits per heavy atom. The zero-order chi connectivity index (χ0) is 17.2. The normalized spacial score (nSPS) is 14.1. The van der Waals surface area contributed by atoms with Crippen molar-refractivity contribution in [1.29, 1.82) is 0 Å². The SMILES string of the molecule is COc1ccc(S(=O)(=O)Nc2ccc(NC3CC3)cn2)cc1OC. The second-order valence-electron chi connectivity index (χ2n) is 5.47. The van der Waals surface area contributed by atoms with Gasteiger partial charge in [0.1, 0.15) is 5.82 Å². The summed E-state index contributed by atoms with van der Waals surface area (Å²) in [5, 5.41) is 3.30. The Hall–Kier alpha value is -2.48. The van der Waals surface area contributed by atoms with Gasteiger partial charge in [0.15, 0.2) is 11.5 Å². The van der Waals surface area contributed by atoms with Crippen LogP contribution in [0.5, 0.6) is 11.5 Å². The zero-order valence-corrected chi connectivity index (χ0v) is 14.3. The maximum Gasteiger partial charge on any atom is 0.263 e. The predicted octanol–water partition coefficient (Wildman–Crippen LogP) is 2.47. The van der Waals surface area contributed by atoms with Gasteiger partial charge in [-0.05, 0) is 37.1 Å². The van der Waals surface area contributed by atoms with E-state index < -0.39 is 10.0 Å². The lowest BCUT2D eigenvalue weighted by Gasteiger charge is -2.11. The van der Waals surface area contributed by atoms with Crippen LogP contribution in [0.3, 0.4) is 0 Å². The molecule has 3 rings (SSSR count). The number of aromatic nitrogens is 1. The first-order valence-electron chi connectivity index (χ1n) is 7.49. The minimum Gasteiger partial charge on any atom is -0.493 e. The van der Waals surface area contributed by atoms with E-state index in [1.54, 1.807) is 24.4 Å². The molecule has 0 atom stereocenters. The molecule has 24 heavy (non-hydrogen) atoms. The second kappa shape index (κ2) is 6.56. The molecule has 1 aromatic heterocycles. The van der Waals surface area contributed by atoms with Gasteiger partial charge >= 0.3 is 0 Å². The summed E-state index contributed by atoms with van der Waals surface area (Å²) in [6.07, 6.45) is 3.94. The zero-order valence-electron chi connectivity index (χ0n) is 13.4. The number of benzene rings is 1. The van der Waals surface area contributed by atoms with E-state index in [1.807, 2.05) is 0 Å². The van der Waals surface area contributed by atoms with Crippen molar-refractivity contribution in [3.05, 3.63) is 36.5 Å². The summed E-state index contributed by atoms with van der Waals surface area (Å²) in [6, 6.07) is 8.35. The number of pyridine rings is 1. The van der Waals surface area contributed by atoms with Gasteiger partial charge in [0.2, 0.25) is 0 Å². The van der Waals surface area contributed by atoms with E-state index in [0.29, 0.717) is 17.5 Å². The van der Waals surface area contributed by atoms with E-state index >= 15 is 0 Å². The summed E-state index contributed by atoms with van der Waals surface area (Å²) >= 11 is 0. The Bertz CT molecular complexity index is 818. The van der Waals surface area contributed by atoms with Gasteiger partial charge < -0.3 is 14.8 Å². The van der Waals surface area contributed by atoms with Gasteiger partial charge in [-0.2, -0.15) is 0 Å². The summed E-state index contributed by atoms with van der Waals surface area (Å²) in [4.78, 5) is 4.21. The molecule has 0 unspecified atom stereocenters. The second-order valence-corrected chi connectivity index (χ2v) is 7.16. The summed E-state index contributed by atoms with van der Waals surface area (Å²) in [5.41, 5.74) is 0.881. The molecule has 0 radical (unpaired) electrons. The average molecular weight is 349 g/mol. The van der Waals surface area contributed by atoms with Gasteiger partial charge in [-0.3, -0.25) is 4.72 Å². The minimum absolute atomic E-state index is 0.0714. The van der Waals surface area contributed by atoms with E-state index in [0.717, 1.165) is 18.5 Å². The lowest BCUT2D eigenvalue weighted by atomic mass is 10.3. The predicted molar refractivity (Wildman–Crippen MR) is 91.2 cm³/mol. The molecule has 0 amide bonds. The molecule has 2 N–H and O–H groups in total. The Labute approximate surface area is 141 Å². The lowest BCUT2D eigenvalue weighted by Crippen LogP contribution is -2.14. The third kappa shape index (κ3) is 3.70. The Kier molecular flexibility index (Phi) is 4.48. The first kappa shape index (κ1) is 16.4. The van der Waals surface area contributed by atoms with Crippen molar-refractivity contribution in [2.24, 2.45) is 0 Å². The lowest BCUT2D eigenvalue weighted by molar-refractivity contribution is 0.354. The molecule has 1 saturated carbocycles. The molecule has 1 aliphatic rings. The number of rotatable bonds is 7. The quantitative estimate of drug-likeness (QED) is 0.798. The van der Waals surface area contributed by atoms with E-state index in [2.05, 4.69) is 15.0 Å². The number of anilines is 2. The standard InChI is InChI=1S/C16H19N3O4S/c1-22-14-7-6-13(9-15(14)23-2)24(20,21)19-16-8-5-12(10-17-16)18-11-3-4-11/h5-11,18H,3-4H2,1-2H3,(H,17,19). The first-order chi connectivity index (χ1) is 11.5. The molecule has 0 saturated heterocycles. The smallest absolute Gasteiger partial charge is 0.263 e. The molecule has 1 heterocycles. The van der Waals surface area contributed by atoms with Gasteiger partial charge in [0.05, 0.1) is 31.0 Å². The van der Waals surface area contributed by atoms with Crippen LogP contribution in [0.25, 0.3) is 0 Å². The van der Waals surface area contributed by atoms with Crippen molar-refractivity contribution in [2.75, 3.05) is 24.3 Å². The average Bonchev–Trinajstić information content (AvgIpc) is 3.39. The maximum atomic E-state index is 12.5. The number of hydrogen-bond acceptors (Lipinski definition) is 6. The number of hydrogen-bond donors (Lipinski definition) is 2. The summed E-state index contributed by atoms with van der Waals surface area (Å²) in [5.74, 6) is 1.06. The molecule has 7 nitrogen and oxygen atoms in total. The number of methoxy groups -OCH3 is 2. The Morgan fingerprint density at radius 2 is 1.83 bits per heavy atom. The van der Waals surface area contributed by atoms with E-state index in [-0.39, 0.29) is 10.7 Å². The van der Waals surface area contributed by atoms with E-state index in [1.165, 1.54) is 26.4 Å². The van der Waals surface area contributed by atoms with Gasteiger partial charge in [-0.25, -0.2) is 13.4 Å². The third-order valence-corrected chi connectivity index (χ3v) is 4.97. The topological polar surface area (TPSA) is 89.6 Å². The molecule has 0 bridgehead atoms. The monoisotopic (exact) mass is 349 g/mol. The van der Waals surface area contributed by atoms with E-state index in [9.17, 15) is 8.42 Å². The van der Waals surface area contributed by atoms with Crippen molar-refractivity contribution in [3.63, 3.8) is 0 Å². The van der Waals surface area contributed by atoms with Crippen LogP contribution in [0.15, 0.2) is 41.4 Å².